The monoisotopic (exact) mass is 124 g/mol. The predicted octanol–water partition coefficient (Wildman–Crippen LogP) is 0.260. The minimum Gasteiger partial charge on any atom is -0.237 e. The molecule has 0 radical (unpaired) electrons. The van der Waals surface area contributed by atoms with E-state index in [2.05, 4.69) is 0 Å². The van der Waals surface area contributed by atoms with Crippen LogP contribution in [0.2, 0.25) is 0 Å². The molecule has 2 amide bonds. The van der Waals surface area contributed by atoms with Crippen LogP contribution < -0.4 is 10.9 Å². The standard InChI is InChI=1S/C2H2F2N2O2/c3-1(7)5-6-2(4)8/h(H,5,7)(H,6,8). The van der Waals surface area contributed by atoms with Crippen LogP contribution >= 0.6 is 0 Å². The first-order chi connectivity index (χ1) is 3.63. The SMILES string of the molecule is O=C(F)NNC(=O)F. The lowest BCUT2D eigenvalue weighted by Gasteiger charge is -1.92. The van der Waals surface area contributed by atoms with Crippen molar-refractivity contribution in [2.75, 3.05) is 0 Å². The summed E-state index contributed by atoms with van der Waals surface area (Å²) in [5.74, 6) is 0. The van der Waals surface area contributed by atoms with Gasteiger partial charge in [0.05, 0.1) is 0 Å². The summed E-state index contributed by atoms with van der Waals surface area (Å²) in [4.78, 5) is 18.4. The van der Waals surface area contributed by atoms with E-state index in [9.17, 15) is 18.4 Å². The number of amides is 2. The van der Waals surface area contributed by atoms with Gasteiger partial charge in [-0.2, -0.15) is 0 Å². The molecule has 0 aromatic rings. The van der Waals surface area contributed by atoms with Crippen molar-refractivity contribution in [1.82, 2.24) is 10.9 Å². The highest BCUT2D eigenvalue weighted by molar-refractivity contribution is 5.71. The third kappa shape index (κ3) is 4.80. The summed E-state index contributed by atoms with van der Waals surface area (Å²) in [5, 5.41) is 0. The first kappa shape index (κ1) is 6.80. The number of carbonyl (C=O) groups excluding carboxylic acids is 2. The normalized spacial score (nSPS) is 7.75. The molecule has 0 aromatic carbocycles. The molecule has 46 valence electrons. The van der Waals surface area contributed by atoms with Gasteiger partial charge < -0.3 is 0 Å². The minimum atomic E-state index is -2.02. The molecule has 0 spiro atoms. The van der Waals surface area contributed by atoms with Crippen LogP contribution in [0.25, 0.3) is 0 Å². The van der Waals surface area contributed by atoms with E-state index in [1.54, 1.807) is 0 Å². The van der Waals surface area contributed by atoms with Gasteiger partial charge in [-0.25, -0.2) is 20.4 Å². The Morgan fingerprint density at radius 1 is 1.00 bits per heavy atom. The molecule has 0 heterocycles. The molecule has 0 aliphatic carbocycles. The number of carbonyl (C=O) groups is 2. The zero-order chi connectivity index (χ0) is 6.57. The summed E-state index contributed by atoms with van der Waals surface area (Å²) in [5.41, 5.74) is 2.13. The van der Waals surface area contributed by atoms with Gasteiger partial charge in [0.1, 0.15) is 0 Å². The summed E-state index contributed by atoms with van der Waals surface area (Å²) >= 11 is 0. The molecule has 0 saturated heterocycles. The molecule has 0 atom stereocenters. The van der Waals surface area contributed by atoms with Gasteiger partial charge in [0.15, 0.2) is 0 Å². The summed E-state index contributed by atoms with van der Waals surface area (Å²) in [6.07, 6.45) is -4.04. The Balaban J connectivity index is 3.18. The fourth-order valence-corrected chi connectivity index (χ4v) is 0.0983. The maximum atomic E-state index is 10.9. The fraction of sp³-hybridized carbons (Fsp3) is 0. The van der Waals surface area contributed by atoms with Crippen LogP contribution in [0.1, 0.15) is 0 Å². The summed E-state index contributed by atoms with van der Waals surface area (Å²) in [6, 6.07) is 0. The molecule has 0 aromatic heterocycles. The van der Waals surface area contributed by atoms with E-state index in [4.69, 9.17) is 0 Å². The van der Waals surface area contributed by atoms with E-state index in [1.807, 2.05) is 0 Å². The van der Waals surface area contributed by atoms with E-state index in [1.165, 1.54) is 0 Å². The molecule has 2 N–H and O–H groups in total. The number of hydrogen-bond donors (Lipinski definition) is 2. The number of nitrogens with one attached hydrogen (secondary N) is 2. The van der Waals surface area contributed by atoms with E-state index in [-0.39, 0.29) is 0 Å². The van der Waals surface area contributed by atoms with Gasteiger partial charge in [-0.15, -0.1) is 8.78 Å². The van der Waals surface area contributed by atoms with Gasteiger partial charge in [0, 0.05) is 0 Å². The summed E-state index contributed by atoms with van der Waals surface area (Å²) in [7, 11) is 0. The zero-order valence-electron chi connectivity index (χ0n) is 3.57. The first-order valence-electron chi connectivity index (χ1n) is 1.54. The second-order valence-corrected chi connectivity index (χ2v) is 0.797. The third-order valence-corrected chi connectivity index (χ3v) is 0.259. The maximum Gasteiger partial charge on any atom is 0.416 e. The average Bonchev–Trinajstić information content (AvgIpc) is 1.61. The Hall–Kier alpha value is -1.20. The molecule has 0 unspecified atom stereocenters. The van der Waals surface area contributed by atoms with E-state index in [0.29, 0.717) is 0 Å². The molecule has 8 heavy (non-hydrogen) atoms. The Labute approximate surface area is 42.8 Å². The molecule has 6 heteroatoms. The molecule has 0 fully saturated rings. The molecule has 0 bridgehead atoms. The highest BCUT2D eigenvalue weighted by atomic mass is 19.1. The van der Waals surface area contributed by atoms with Crippen molar-refractivity contribution in [2.24, 2.45) is 0 Å². The van der Waals surface area contributed by atoms with Crippen molar-refractivity contribution >= 4 is 12.3 Å². The third-order valence-electron chi connectivity index (χ3n) is 0.259. The van der Waals surface area contributed by atoms with Gasteiger partial charge in [-0.05, 0) is 0 Å². The van der Waals surface area contributed by atoms with Crippen LogP contribution in [0.3, 0.4) is 0 Å². The second-order valence-electron chi connectivity index (χ2n) is 0.797. The second kappa shape index (κ2) is 2.89. The number of hydrazine groups is 1. The predicted molar refractivity (Wildman–Crippen MR) is 19.3 cm³/mol. The summed E-state index contributed by atoms with van der Waals surface area (Å²) < 4.78 is 21.9. The van der Waals surface area contributed by atoms with Gasteiger partial charge in [0.25, 0.3) is 0 Å². The quantitative estimate of drug-likeness (QED) is 0.276. The van der Waals surface area contributed by atoms with Crippen LogP contribution in [0.4, 0.5) is 18.4 Å². The van der Waals surface area contributed by atoms with Gasteiger partial charge >= 0.3 is 12.3 Å². The minimum absolute atomic E-state index is 1.06. The van der Waals surface area contributed by atoms with E-state index < -0.39 is 12.3 Å². The van der Waals surface area contributed by atoms with Crippen molar-refractivity contribution in [3.63, 3.8) is 0 Å². The Kier molecular flexibility index (Phi) is 2.46. The fourth-order valence-electron chi connectivity index (χ4n) is 0.0983. The largest absolute Gasteiger partial charge is 0.416 e. The number of halogens is 2. The topological polar surface area (TPSA) is 58.2 Å². The molecular formula is C2H2F2N2O2. The van der Waals surface area contributed by atoms with Crippen molar-refractivity contribution in [2.45, 2.75) is 0 Å². The lowest BCUT2D eigenvalue weighted by molar-refractivity contribution is 0.202. The van der Waals surface area contributed by atoms with E-state index >= 15 is 0 Å². The van der Waals surface area contributed by atoms with E-state index in [0.717, 1.165) is 10.9 Å². The molecule has 0 aliphatic heterocycles. The molecule has 0 rings (SSSR count). The van der Waals surface area contributed by atoms with Gasteiger partial charge in [-0.3, -0.25) is 0 Å². The summed E-state index contributed by atoms with van der Waals surface area (Å²) in [6.45, 7) is 0. The number of hydrogen-bond acceptors (Lipinski definition) is 2. The van der Waals surface area contributed by atoms with Crippen molar-refractivity contribution < 1.29 is 18.4 Å². The van der Waals surface area contributed by atoms with Gasteiger partial charge in [-0.1, -0.05) is 0 Å². The zero-order valence-corrected chi connectivity index (χ0v) is 3.57. The average molecular weight is 124 g/mol. The van der Waals surface area contributed by atoms with Crippen LogP contribution in [0.5, 0.6) is 0 Å². The first-order valence-corrected chi connectivity index (χ1v) is 1.54. The Morgan fingerprint density at radius 2 is 1.25 bits per heavy atom. The van der Waals surface area contributed by atoms with Gasteiger partial charge in [0.2, 0.25) is 0 Å². The van der Waals surface area contributed by atoms with Crippen LogP contribution in [-0.4, -0.2) is 12.3 Å². The lowest BCUT2D eigenvalue weighted by atomic mass is 11.2. The number of rotatable bonds is 0. The van der Waals surface area contributed by atoms with Crippen LogP contribution in [0, 0.1) is 0 Å². The Morgan fingerprint density at radius 3 is 1.38 bits per heavy atom. The van der Waals surface area contributed by atoms with Crippen molar-refractivity contribution in [3.8, 4) is 0 Å². The van der Waals surface area contributed by atoms with Crippen molar-refractivity contribution in [1.29, 1.82) is 0 Å². The lowest BCUT2D eigenvalue weighted by Crippen LogP contribution is -2.36. The highest BCUT2D eigenvalue weighted by Crippen LogP contribution is 1.67. The molecule has 0 saturated carbocycles. The Bertz CT molecular complexity index is 101. The highest BCUT2D eigenvalue weighted by Gasteiger charge is 1.96. The van der Waals surface area contributed by atoms with Crippen LogP contribution in [0.15, 0.2) is 0 Å². The van der Waals surface area contributed by atoms with Crippen LogP contribution in [-0.2, 0) is 0 Å². The molecule has 4 nitrogen and oxygen atoms in total. The smallest absolute Gasteiger partial charge is 0.237 e. The van der Waals surface area contributed by atoms with Crippen molar-refractivity contribution in [3.05, 3.63) is 0 Å². The molecule has 0 aliphatic rings. The molecular weight excluding hydrogens is 122 g/mol. The maximum absolute atomic E-state index is 10.9.